The average Bonchev–Trinajstić information content (AvgIpc) is 2.62. The highest BCUT2D eigenvalue weighted by Crippen LogP contribution is 2.22. The highest BCUT2D eigenvalue weighted by Gasteiger charge is 2.15. The first-order valence-corrected chi connectivity index (χ1v) is 13.8. The summed E-state index contributed by atoms with van der Waals surface area (Å²) in [5, 5.41) is 18.9. The van der Waals surface area contributed by atoms with E-state index in [1.807, 2.05) is 0 Å². The zero-order chi connectivity index (χ0) is 24.5. The molecule has 0 fully saturated rings. The van der Waals surface area contributed by atoms with Crippen LogP contribution in [0.15, 0.2) is 18.2 Å². The molecule has 9 nitrogen and oxygen atoms in total. The van der Waals surface area contributed by atoms with E-state index in [0.717, 1.165) is 18.4 Å². The maximum Gasteiger partial charge on any atom is 0.413 e. The summed E-state index contributed by atoms with van der Waals surface area (Å²) in [4.78, 5) is 0. The number of hydrogen-bond donors (Lipinski definition) is 4. The summed E-state index contributed by atoms with van der Waals surface area (Å²) in [6.07, 6.45) is 18.6. The Hall–Kier alpha value is -1.40. The molecule has 1 aromatic rings. The van der Waals surface area contributed by atoms with E-state index >= 15 is 0 Å². The Morgan fingerprint density at radius 3 is 1.28 bits per heavy atom. The number of phenolic OH excluding ortho intramolecular Hbond substituents is 2. The van der Waals surface area contributed by atoms with Crippen molar-refractivity contribution in [1.29, 1.82) is 0 Å². The summed E-state index contributed by atoms with van der Waals surface area (Å²) < 4.78 is 55.6. The molecule has 0 aliphatic carbocycles. The molecule has 0 spiro atoms. The minimum atomic E-state index is -5.12. The van der Waals surface area contributed by atoms with E-state index in [1.54, 1.807) is 12.1 Å². The molecule has 11 heteroatoms. The van der Waals surface area contributed by atoms with Crippen molar-refractivity contribution < 1.29 is 39.8 Å². The standard InChI is InChI=1S/C21H36O2.H2O7S2/c1-2-3-4-5-6-7-8-9-10-11-12-13-14-15-19-16-20(22)18-21(23)17-19;1-8(2,3)7-9(4,5)6/h16-18,22-23H,2-15H2,1H3;(H,1,2,3)(H,4,5,6). The van der Waals surface area contributed by atoms with Gasteiger partial charge in [0.1, 0.15) is 11.5 Å². The number of phenols is 2. The third kappa shape index (κ3) is 21.8. The van der Waals surface area contributed by atoms with E-state index in [9.17, 15) is 27.0 Å². The first kappa shape index (κ1) is 30.6. The molecule has 32 heavy (non-hydrogen) atoms. The molecule has 0 atom stereocenters. The van der Waals surface area contributed by atoms with Crippen molar-refractivity contribution >= 4 is 20.8 Å². The molecule has 0 saturated heterocycles. The van der Waals surface area contributed by atoms with Crippen LogP contribution in [0.4, 0.5) is 0 Å². The lowest BCUT2D eigenvalue weighted by atomic mass is 10.0. The molecule has 0 bridgehead atoms. The Bertz CT molecular complexity index is 771. The van der Waals surface area contributed by atoms with Crippen LogP contribution < -0.4 is 0 Å². The lowest BCUT2D eigenvalue weighted by molar-refractivity contribution is 0.344. The van der Waals surface area contributed by atoms with Crippen molar-refractivity contribution in [2.24, 2.45) is 0 Å². The molecule has 0 unspecified atom stereocenters. The second-order valence-electron chi connectivity index (χ2n) is 7.77. The van der Waals surface area contributed by atoms with E-state index in [1.165, 1.54) is 83.1 Å². The van der Waals surface area contributed by atoms with E-state index < -0.39 is 20.8 Å². The topological polar surface area (TPSA) is 158 Å². The molecule has 4 N–H and O–H groups in total. The van der Waals surface area contributed by atoms with Crippen LogP contribution in [0.2, 0.25) is 0 Å². The van der Waals surface area contributed by atoms with Crippen LogP contribution >= 0.6 is 0 Å². The van der Waals surface area contributed by atoms with Crippen molar-refractivity contribution in [1.82, 2.24) is 0 Å². The van der Waals surface area contributed by atoms with Gasteiger partial charge >= 0.3 is 20.8 Å². The SMILES string of the molecule is CCCCCCCCCCCCCCCc1cc(O)cc(O)c1.O=S(=O)(O)OS(=O)(=O)O. The lowest BCUT2D eigenvalue weighted by Gasteiger charge is -2.04. The van der Waals surface area contributed by atoms with Crippen LogP contribution in [-0.2, 0) is 30.8 Å². The van der Waals surface area contributed by atoms with Crippen LogP contribution in [0.3, 0.4) is 0 Å². The van der Waals surface area contributed by atoms with Crippen LogP contribution in [0, 0.1) is 0 Å². The van der Waals surface area contributed by atoms with E-state index in [2.05, 4.69) is 10.6 Å². The van der Waals surface area contributed by atoms with Crippen molar-refractivity contribution in [3.8, 4) is 11.5 Å². The Morgan fingerprint density at radius 1 is 0.625 bits per heavy atom. The van der Waals surface area contributed by atoms with Crippen LogP contribution in [-0.4, -0.2) is 36.2 Å². The number of aryl methyl sites for hydroxylation is 1. The zero-order valence-corrected chi connectivity index (χ0v) is 20.4. The summed E-state index contributed by atoms with van der Waals surface area (Å²) >= 11 is 0. The van der Waals surface area contributed by atoms with Gasteiger partial charge in [0, 0.05) is 6.07 Å². The molecule has 0 amide bonds. The first-order chi connectivity index (χ1) is 14.9. The number of aromatic hydroxyl groups is 2. The molecule has 1 aromatic carbocycles. The number of unbranched alkanes of at least 4 members (excludes halogenated alkanes) is 12. The number of benzene rings is 1. The highest BCUT2D eigenvalue weighted by atomic mass is 32.3. The van der Waals surface area contributed by atoms with Crippen LogP contribution in [0.1, 0.15) is 96.0 Å². The van der Waals surface area contributed by atoms with Gasteiger partial charge in [-0.1, -0.05) is 84.0 Å². The Balaban J connectivity index is 0.000000900. The Morgan fingerprint density at radius 2 is 0.969 bits per heavy atom. The van der Waals surface area contributed by atoms with Gasteiger partial charge in [-0.3, -0.25) is 9.11 Å². The normalized spacial score (nSPS) is 11.7. The fourth-order valence-corrected chi connectivity index (χ4v) is 4.13. The summed E-state index contributed by atoms with van der Waals surface area (Å²) in [6, 6.07) is 4.88. The summed E-state index contributed by atoms with van der Waals surface area (Å²) in [7, 11) is -10.2. The minimum Gasteiger partial charge on any atom is -0.508 e. The second-order valence-corrected chi connectivity index (χ2v) is 10.0. The zero-order valence-electron chi connectivity index (χ0n) is 18.8. The molecular weight excluding hydrogens is 460 g/mol. The summed E-state index contributed by atoms with van der Waals surface area (Å²) in [6.45, 7) is 2.27. The molecule has 0 saturated carbocycles. The Labute approximate surface area is 192 Å². The summed E-state index contributed by atoms with van der Waals surface area (Å²) in [5.74, 6) is 0.324. The van der Waals surface area contributed by atoms with Gasteiger partial charge in [0.2, 0.25) is 0 Å². The fraction of sp³-hybridized carbons (Fsp3) is 0.714. The van der Waals surface area contributed by atoms with E-state index in [-0.39, 0.29) is 11.5 Å². The van der Waals surface area contributed by atoms with Gasteiger partial charge in [0.15, 0.2) is 0 Å². The molecule has 0 heterocycles. The largest absolute Gasteiger partial charge is 0.508 e. The van der Waals surface area contributed by atoms with Gasteiger partial charge in [0.25, 0.3) is 0 Å². The molecule has 0 radical (unpaired) electrons. The van der Waals surface area contributed by atoms with E-state index in [4.69, 9.17) is 9.11 Å². The quantitative estimate of drug-likeness (QED) is 0.174. The highest BCUT2D eigenvalue weighted by molar-refractivity contribution is 7.94. The van der Waals surface area contributed by atoms with Crippen LogP contribution in [0.5, 0.6) is 11.5 Å². The van der Waals surface area contributed by atoms with Crippen molar-refractivity contribution in [3.05, 3.63) is 23.8 Å². The van der Waals surface area contributed by atoms with Gasteiger partial charge in [0.05, 0.1) is 0 Å². The molecule has 188 valence electrons. The monoisotopic (exact) mass is 498 g/mol. The third-order valence-corrected chi connectivity index (χ3v) is 6.08. The predicted octanol–water partition coefficient (Wildman–Crippen LogP) is 5.34. The second kappa shape index (κ2) is 17.1. The van der Waals surface area contributed by atoms with Crippen LogP contribution in [0.25, 0.3) is 0 Å². The average molecular weight is 499 g/mol. The number of hydrogen-bond acceptors (Lipinski definition) is 7. The lowest BCUT2D eigenvalue weighted by Crippen LogP contribution is -2.10. The van der Waals surface area contributed by atoms with Crippen molar-refractivity contribution in [3.63, 3.8) is 0 Å². The Kier molecular flexibility index (Phi) is 16.4. The van der Waals surface area contributed by atoms with E-state index in [0.29, 0.717) is 0 Å². The van der Waals surface area contributed by atoms with Gasteiger partial charge in [-0.15, -0.1) is 3.63 Å². The van der Waals surface area contributed by atoms with Gasteiger partial charge in [-0.2, -0.15) is 16.8 Å². The molecule has 1 rings (SSSR count). The fourth-order valence-electron chi connectivity index (χ4n) is 3.26. The van der Waals surface area contributed by atoms with Crippen molar-refractivity contribution in [2.75, 3.05) is 0 Å². The smallest absolute Gasteiger partial charge is 0.413 e. The maximum absolute atomic E-state index is 9.44. The molecule has 0 aliphatic heterocycles. The third-order valence-electron chi connectivity index (χ3n) is 4.70. The van der Waals surface area contributed by atoms with Gasteiger partial charge in [-0.05, 0) is 30.5 Å². The maximum atomic E-state index is 9.44. The minimum absolute atomic E-state index is 0.162. The number of rotatable bonds is 16. The van der Waals surface area contributed by atoms with Gasteiger partial charge < -0.3 is 10.2 Å². The predicted molar refractivity (Wildman–Crippen MR) is 123 cm³/mol. The van der Waals surface area contributed by atoms with Crippen molar-refractivity contribution in [2.45, 2.75) is 96.8 Å². The molecule has 0 aromatic heterocycles. The summed E-state index contributed by atoms with van der Waals surface area (Å²) in [5.41, 5.74) is 1.03. The molecular formula is C21H38O9S2. The first-order valence-electron chi connectivity index (χ1n) is 11.1. The molecule has 0 aliphatic rings. The van der Waals surface area contributed by atoms with Gasteiger partial charge in [-0.25, -0.2) is 0 Å².